The van der Waals surface area contributed by atoms with Gasteiger partial charge in [0.05, 0.1) is 10.4 Å². The Morgan fingerprint density at radius 3 is 2.39 bits per heavy atom. The topological polar surface area (TPSA) is 75.3 Å². The number of rotatable bonds is 7. The van der Waals surface area contributed by atoms with Gasteiger partial charge in [0.15, 0.2) is 0 Å². The number of carbonyl (C=O) groups excluding carboxylic acids is 3. The molecule has 0 atom stereocenters. The molecule has 2 aromatic carbocycles. The van der Waals surface area contributed by atoms with Crippen LogP contribution in [0.25, 0.3) is 0 Å². The fourth-order valence-electron chi connectivity index (χ4n) is 2.70. The smallest absolute Gasteiger partial charge is 0.256 e. The van der Waals surface area contributed by atoms with Gasteiger partial charge in [0.1, 0.15) is 0 Å². The van der Waals surface area contributed by atoms with Crippen LogP contribution in [0, 0.1) is 0 Å². The zero-order chi connectivity index (χ0) is 19.9. The maximum atomic E-state index is 12.8. The molecule has 0 spiro atoms. The Labute approximate surface area is 167 Å². The van der Waals surface area contributed by atoms with Crippen molar-refractivity contribution in [2.75, 3.05) is 11.9 Å². The number of hydrogen-bond donors (Lipinski definition) is 2. The minimum atomic E-state index is -0.397. The fraction of sp³-hybridized carbons (Fsp3) is 0.136. The highest BCUT2D eigenvalue weighted by molar-refractivity contribution is 7.12. The summed E-state index contributed by atoms with van der Waals surface area (Å²) in [5.74, 6) is -0.772. The molecule has 2 amide bonds. The van der Waals surface area contributed by atoms with Gasteiger partial charge < -0.3 is 10.6 Å². The van der Waals surface area contributed by atoms with E-state index in [1.807, 2.05) is 12.3 Å². The van der Waals surface area contributed by atoms with Crippen LogP contribution in [0.15, 0.2) is 66.0 Å². The van der Waals surface area contributed by atoms with Gasteiger partial charge in [0.25, 0.3) is 11.8 Å². The molecular formula is C22H20N2O3S. The SMILES string of the molecule is CCCNC(=O)c1cccc(NC(=O)c2ccccc2C(=O)c2cccs2)c1. The Morgan fingerprint density at radius 2 is 1.68 bits per heavy atom. The minimum Gasteiger partial charge on any atom is -0.352 e. The van der Waals surface area contributed by atoms with E-state index in [-0.39, 0.29) is 11.7 Å². The summed E-state index contributed by atoms with van der Waals surface area (Å²) < 4.78 is 0. The highest BCUT2D eigenvalue weighted by Crippen LogP contribution is 2.20. The van der Waals surface area contributed by atoms with E-state index in [0.717, 1.165) is 6.42 Å². The van der Waals surface area contributed by atoms with E-state index < -0.39 is 5.91 Å². The molecular weight excluding hydrogens is 372 g/mol. The average molecular weight is 392 g/mol. The van der Waals surface area contributed by atoms with Crippen LogP contribution in [0.5, 0.6) is 0 Å². The zero-order valence-electron chi connectivity index (χ0n) is 15.4. The maximum Gasteiger partial charge on any atom is 0.256 e. The van der Waals surface area contributed by atoms with Crippen LogP contribution in [-0.4, -0.2) is 24.1 Å². The minimum absolute atomic E-state index is 0.187. The molecule has 0 aliphatic carbocycles. The summed E-state index contributed by atoms with van der Waals surface area (Å²) in [4.78, 5) is 38.2. The molecule has 3 aromatic rings. The summed E-state index contributed by atoms with van der Waals surface area (Å²) in [5.41, 5.74) is 1.60. The van der Waals surface area contributed by atoms with Crippen LogP contribution >= 0.6 is 11.3 Å². The Balaban J connectivity index is 1.81. The van der Waals surface area contributed by atoms with Crippen molar-refractivity contribution in [1.82, 2.24) is 5.32 Å². The first-order valence-corrected chi connectivity index (χ1v) is 9.85. The van der Waals surface area contributed by atoms with Crippen molar-refractivity contribution in [3.05, 3.63) is 87.6 Å². The predicted octanol–water partition coefficient (Wildman–Crippen LogP) is 4.37. The highest BCUT2D eigenvalue weighted by atomic mass is 32.1. The third-order valence-electron chi connectivity index (χ3n) is 4.08. The average Bonchev–Trinajstić information content (AvgIpc) is 3.26. The normalized spacial score (nSPS) is 10.3. The van der Waals surface area contributed by atoms with Crippen LogP contribution in [0.3, 0.4) is 0 Å². The van der Waals surface area contributed by atoms with Crippen molar-refractivity contribution in [3.63, 3.8) is 0 Å². The second-order valence-electron chi connectivity index (χ2n) is 6.14. The lowest BCUT2D eigenvalue weighted by Gasteiger charge is -2.10. The van der Waals surface area contributed by atoms with Crippen LogP contribution in [-0.2, 0) is 0 Å². The fourth-order valence-corrected chi connectivity index (χ4v) is 3.37. The van der Waals surface area contributed by atoms with Gasteiger partial charge in [-0.05, 0) is 42.1 Å². The van der Waals surface area contributed by atoms with Crippen molar-refractivity contribution in [3.8, 4) is 0 Å². The van der Waals surface area contributed by atoms with Crippen molar-refractivity contribution >= 4 is 34.6 Å². The van der Waals surface area contributed by atoms with Gasteiger partial charge >= 0.3 is 0 Å². The molecule has 28 heavy (non-hydrogen) atoms. The largest absolute Gasteiger partial charge is 0.352 e. The van der Waals surface area contributed by atoms with E-state index in [9.17, 15) is 14.4 Å². The van der Waals surface area contributed by atoms with Crippen LogP contribution in [0.1, 0.15) is 49.3 Å². The highest BCUT2D eigenvalue weighted by Gasteiger charge is 2.19. The molecule has 3 rings (SSSR count). The number of ketones is 1. The summed E-state index contributed by atoms with van der Waals surface area (Å²) >= 11 is 1.34. The number of amides is 2. The van der Waals surface area contributed by atoms with Crippen molar-refractivity contribution < 1.29 is 14.4 Å². The number of anilines is 1. The van der Waals surface area contributed by atoms with Gasteiger partial charge in [0.2, 0.25) is 5.78 Å². The lowest BCUT2D eigenvalue weighted by molar-refractivity contribution is 0.0952. The zero-order valence-corrected chi connectivity index (χ0v) is 16.2. The second kappa shape index (κ2) is 9.10. The van der Waals surface area contributed by atoms with E-state index >= 15 is 0 Å². The van der Waals surface area contributed by atoms with E-state index in [4.69, 9.17) is 0 Å². The van der Waals surface area contributed by atoms with Crippen molar-refractivity contribution in [2.45, 2.75) is 13.3 Å². The van der Waals surface area contributed by atoms with Gasteiger partial charge in [-0.15, -0.1) is 11.3 Å². The van der Waals surface area contributed by atoms with Gasteiger partial charge in [-0.1, -0.05) is 37.3 Å². The molecule has 1 aromatic heterocycles. The van der Waals surface area contributed by atoms with Gasteiger partial charge in [0, 0.05) is 23.4 Å². The van der Waals surface area contributed by atoms with Gasteiger partial charge in [-0.25, -0.2) is 0 Å². The molecule has 1 heterocycles. The quantitative estimate of drug-likeness (QED) is 0.586. The summed E-state index contributed by atoms with van der Waals surface area (Å²) in [5, 5.41) is 7.41. The Kier molecular flexibility index (Phi) is 6.34. The Bertz CT molecular complexity index is 997. The van der Waals surface area contributed by atoms with E-state index in [2.05, 4.69) is 10.6 Å². The molecule has 0 aliphatic heterocycles. The van der Waals surface area contributed by atoms with Gasteiger partial charge in [-0.2, -0.15) is 0 Å². The summed E-state index contributed by atoms with van der Waals surface area (Å²) in [6.45, 7) is 2.57. The van der Waals surface area contributed by atoms with Crippen LogP contribution in [0.4, 0.5) is 5.69 Å². The maximum absolute atomic E-state index is 12.8. The first kappa shape index (κ1) is 19.5. The molecule has 0 saturated heterocycles. The molecule has 0 radical (unpaired) electrons. The molecule has 6 heteroatoms. The standard InChI is InChI=1S/C22H20N2O3S/c1-2-12-23-21(26)15-7-5-8-16(14-15)24-22(27)18-10-4-3-9-17(18)20(25)19-11-6-13-28-19/h3-11,13-14H,2,12H2,1H3,(H,23,26)(H,24,27). The number of carbonyl (C=O) groups is 3. The van der Waals surface area contributed by atoms with E-state index in [1.165, 1.54) is 11.3 Å². The summed E-state index contributed by atoms with van der Waals surface area (Å²) in [7, 11) is 0. The Hall–Kier alpha value is -3.25. The summed E-state index contributed by atoms with van der Waals surface area (Å²) in [6, 6.07) is 17.0. The molecule has 2 N–H and O–H groups in total. The number of thiophene rings is 1. The lowest BCUT2D eigenvalue weighted by atomic mass is 10.0. The first-order valence-electron chi connectivity index (χ1n) is 8.97. The van der Waals surface area contributed by atoms with Gasteiger partial charge in [-0.3, -0.25) is 14.4 Å². The summed E-state index contributed by atoms with van der Waals surface area (Å²) in [6.07, 6.45) is 0.844. The third-order valence-corrected chi connectivity index (χ3v) is 4.95. The van der Waals surface area contributed by atoms with Crippen molar-refractivity contribution in [1.29, 1.82) is 0 Å². The van der Waals surface area contributed by atoms with Crippen LogP contribution < -0.4 is 10.6 Å². The van der Waals surface area contributed by atoms with E-state index in [0.29, 0.717) is 33.8 Å². The molecule has 0 aliphatic rings. The lowest BCUT2D eigenvalue weighted by Crippen LogP contribution is -2.24. The molecule has 0 fully saturated rings. The third kappa shape index (κ3) is 4.53. The van der Waals surface area contributed by atoms with Crippen molar-refractivity contribution in [2.24, 2.45) is 0 Å². The molecule has 0 unspecified atom stereocenters. The Morgan fingerprint density at radius 1 is 0.893 bits per heavy atom. The van der Waals surface area contributed by atoms with Crippen LogP contribution in [0.2, 0.25) is 0 Å². The monoisotopic (exact) mass is 392 g/mol. The number of nitrogens with one attached hydrogen (secondary N) is 2. The first-order chi connectivity index (χ1) is 13.6. The number of benzene rings is 2. The second-order valence-corrected chi connectivity index (χ2v) is 7.09. The molecule has 142 valence electrons. The molecule has 0 bridgehead atoms. The predicted molar refractivity (Wildman–Crippen MR) is 111 cm³/mol. The molecule has 5 nitrogen and oxygen atoms in total. The van der Waals surface area contributed by atoms with E-state index in [1.54, 1.807) is 60.7 Å². The molecule has 0 saturated carbocycles. The number of hydrogen-bond acceptors (Lipinski definition) is 4.